The first-order valence-electron chi connectivity index (χ1n) is 3.99. The molecular weight excluding hydrogens is 150 g/mol. The number of aryl methyl sites for hydroxylation is 1. The molecule has 2 heteroatoms. The molecule has 64 valence electrons. The normalized spacial score (nSPS) is 9.50. The SMILES string of the molecule is C=Cc1cc(C)cnc1OCC. The van der Waals surface area contributed by atoms with Crippen LogP contribution in [0, 0.1) is 6.92 Å². The molecule has 0 fully saturated rings. The third-order valence-electron chi connectivity index (χ3n) is 1.52. The van der Waals surface area contributed by atoms with Crippen molar-refractivity contribution in [2.75, 3.05) is 6.61 Å². The molecule has 1 aromatic heterocycles. The Morgan fingerprint density at radius 2 is 2.42 bits per heavy atom. The zero-order valence-corrected chi connectivity index (χ0v) is 7.50. The first kappa shape index (κ1) is 8.78. The second-order valence-electron chi connectivity index (χ2n) is 2.54. The minimum absolute atomic E-state index is 0.636. The number of aromatic nitrogens is 1. The molecule has 0 N–H and O–H groups in total. The van der Waals surface area contributed by atoms with Gasteiger partial charge in [-0.2, -0.15) is 0 Å². The first-order valence-corrected chi connectivity index (χ1v) is 3.99. The summed E-state index contributed by atoms with van der Waals surface area (Å²) in [5.41, 5.74) is 2.07. The Morgan fingerprint density at radius 1 is 1.67 bits per heavy atom. The highest BCUT2D eigenvalue weighted by Gasteiger charge is 2.00. The largest absolute Gasteiger partial charge is 0.478 e. The fraction of sp³-hybridized carbons (Fsp3) is 0.300. The highest BCUT2D eigenvalue weighted by molar-refractivity contribution is 5.53. The average molecular weight is 163 g/mol. The van der Waals surface area contributed by atoms with Crippen molar-refractivity contribution in [3.63, 3.8) is 0 Å². The molecular formula is C10H13NO. The van der Waals surface area contributed by atoms with Crippen molar-refractivity contribution in [1.29, 1.82) is 0 Å². The molecule has 0 saturated heterocycles. The molecule has 12 heavy (non-hydrogen) atoms. The third-order valence-corrected chi connectivity index (χ3v) is 1.52. The van der Waals surface area contributed by atoms with Crippen molar-refractivity contribution >= 4 is 6.08 Å². The Morgan fingerprint density at radius 3 is 3.00 bits per heavy atom. The maximum absolute atomic E-state index is 5.30. The summed E-state index contributed by atoms with van der Waals surface area (Å²) in [5.74, 6) is 0.665. The minimum atomic E-state index is 0.636. The van der Waals surface area contributed by atoms with Gasteiger partial charge in [-0.25, -0.2) is 4.98 Å². The van der Waals surface area contributed by atoms with E-state index in [1.54, 1.807) is 12.3 Å². The van der Waals surface area contributed by atoms with Crippen LogP contribution in [-0.2, 0) is 0 Å². The Bertz CT molecular complexity index is 281. The van der Waals surface area contributed by atoms with Crippen LogP contribution in [0.4, 0.5) is 0 Å². The van der Waals surface area contributed by atoms with Crippen LogP contribution in [0.5, 0.6) is 5.88 Å². The van der Waals surface area contributed by atoms with E-state index >= 15 is 0 Å². The molecule has 0 aliphatic rings. The summed E-state index contributed by atoms with van der Waals surface area (Å²) in [6, 6.07) is 2.00. The lowest BCUT2D eigenvalue weighted by Gasteiger charge is -2.05. The standard InChI is InChI=1S/C10H13NO/c1-4-9-6-8(3)7-11-10(9)12-5-2/h4,6-7H,1,5H2,2-3H3. The van der Waals surface area contributed by atoms with Crippen molar-refractivity contribution in [2.24, 2.45) is 0 Å². The van der Waals surface area contributed by atoms with Crippen LogP contribution in [0.15, 0.2) is 18.8 Å². The Kier molecular flexibility index (Phi) is 2.86. The second kappa shape index (κ2) is 3.90. The van der Waals surface area contributed by atoms with Gasteiger partial charge in [-0.1, -0.05) is 12.7 Å². The number of hydrogen-bond donors (Lipinski definition) is 0. The smallest absolute Gasteiger partial charge is 0.220 e. The van der Waals surface area contributed by atoms with Gasteiger partial charge >= 0.3 is 0 Å². The maximum atomic E-state index is 5.30. The van der Waals surface area contributed by atoms with E-state index in [-0.39, 0.29) is 0 Å². The molecule has 1 aromatic rings. The highest BCUT2D eigenvalue weighted by atomic mass is 16.5. The summed E-state index contributed by atoms with van der Waals surface area (Å²) in [6.07, 6.45) is 3.54. The Labute approximate surface area is 72.9 Å². The predicted molar refractivity (Wildman–Crippen MR) is 50.2 cm³/mol. The molecule has 0 unspecified atom stereocenters. The van der Waals surface area contributed by atoms with Crippen LogP contribution < -0.4 is 4.74 Å². The third kappa shape index (κ3) is 1.84. The number of hydrogen-bond acceptors (Lipinski definition) is 2. The van der Waals surface area contributed by atoms with E-state index in [0.717, 1.165) is 11.1 Å². The maximum Gasteiger partial charge on any atom is 0.220 e. The zero-order chi connectivity index (χ0) is 8.97. The van der Waals surface area contributed by atoms with Gasteiger partial charge in [0.15, 0.2) is 0 Å². The lowest BCUT2D eigenvalue weighted by Crippen LogP contribution is -1.96. The van der Waals surface area contributed by atoms with Gasteiger partial charge in [0.25, 0.3) is 0 Å². The number of nitrogens with zero attached hydrogens (tertiary/aromatic N) is 1. The number of rotatable bonds is 3. The summed E-state index contributed by atoms with van der Waals surface area (Å²) in [7, 11) is 0. The Hall–Kier alpha value is -1.31. The van der Waals surface area contributed by atoms with E-state index in [1.165, 1.54) is 0 Å². The van der Waals surface area contributed by atoms with E-state index in [1.807, 2.05) is 19.9 Å². The van der Waals surface area contributed by atoms with Crippen LogP contribution in [0.2, 0.25) is 0 Å². The van der Waals surface area contributed by atoms with E-state index in [9.17, 15) is 0 Å². The molecule has 1 heterocycles. The summed E-state index contributed by atoms with van der Waals surface area (Å²) < 4.78 is 5.30. The monoisotopic (exact) mass is 163 g/mol. The lowest BCUT2D eigenvalue weighted by molar-refractivity contribution is 0.326. The highest BCUT2D eigenvalue weighted by Crippen LogP contribution is 2.16. The summed E-state index contributed by atoms with van der Waals surface area (Å²) in [4.78, 5) is 4.15. The van der Waals surface area contributed by atoms with Gasteiger partial charge in [0.05, 0.1) is 6.61 Å². The minimum Gasteiger partial charge on any atom is -0.478 e. The lowest BCUT2D eigenvalue weighted by atomic mass is 10.2. The van der Waals surface area contributed by atoms with Gasteiger partial charge in [-0.15, -0.1) is 0 Å². The van der Waals surface area contributed by atoms with E-state index in [2.05, 4.69) is 11.6 Å². The van der Waals surface area contributed by atoms with Crippen LogP contribution in [0.3, 0.4) is 0 Å². The molecule has 0 bridgehead atoms. The van der Waals surface area contributed by atoms with Gasteiger partial charge in [0.1, 0.15) is 0 Å². The van der Waals surface area contributed by atoms with Crippen molar-refractivity contribution in [2.45, 2.75) is 13.8 Å². The van der Waals surface area contributed by atoms with Crippen molar-refractivity contribution in [3.8, 4) is 5.88 Å². The molecule has 0 spiro atoms. The molecule has 0 saturated carbocycles. The fourth-order valence-corrected chi connectivity index (χ4v) is 0.983. The van der Waals surface area contributed by atoms with Gasteiger partial charge in [-0.05, 0) is 25.5 Å². The molecule has 0 aliphatic carbocycles. The van der Waals surface area contributed by atoms with Crippen molar-refractivity contribution < 1.29 is 4.74 Å². The second-order valence-corrected chi connectivity index (χ2v) is 2.54. The molecule has 0 atom stereocenters. The quantitative estimate of drug-likeness (QED) is 0.682. The summed E-state index contributed by atoms with van der Waals surface area (Å²) in [6.45, 7) is 8.27. The van der Waals surface area contributed by atoms with Gasteiger partial charge in [0.2, 0.25) is 5.88 Å². The summed E-state index contributed by atoms with van der Waals surface area (Å²) in [5, 5.41) is 0. The number of ether oxygens (including phenoxy) is 1. The predicted octanol–water partition coefficient (Wildman–Crippen LogP) is 2.43. The van der Waals surface area contributed by atoms with Gasteiger partial charge in [0, 0.05) is 11.8 Å². The zero-order valence-electron chi connectivity index (χ0n) is 7.50. The number of pyridine rings is 1. The average Bonchev–Trinajstić information content (AvgIpc) is 2.08. The Balaban J connectivity index is 3.02. The van der Waals surface area contributed by atoms with Crippen LogP contribution in [0.25, 0.3) is 6.08 Å². The van der Waals surface area contributed by atoms with E-state index < -0.39 is 0 Å². The fourth-order valence-electron chi connectivity index (χ4n) is 0.983. The molecule has 0 radical (unpaired) electrons. The van der Waals surface area contributed by atoms with Crippen LogP contribution in [0.1, 0.15) is 18.1 Å². The molecule has 0 amide bonds. The van der Waals surface area contributed by atoms with Gasteiger partial charge in [-0.3, -0.25) is 0 Å². The van der Waals surface area contributed by atoms with Gasteiger partial charge < -0.3 is 4.74 Å². The molecule has 0 aromatic carbocycles. The van der Waals surface area contributed by atoms with Crippen LogP contribution in [-0.4, -0.2) is 11.6 Å². The molecule has 2 nitrogen and oxygen atoms in total. The van der Waals surface area contributed by atoms with Crippen molar-refractivity contribution in [1.82, 2.24) is 4.98 Å². The molecule has 0 aliphatic heterocycles. The van der Waals surface area contributed by atoms with E-state index in [0.29, 0.717) is 12.5 Å². The van der Waals surface area contributed by atoms with E-state index in [4.69, 9.17) is 4.74 Å². The topological polar surface area (TPSA) is 22.1 Å². The summed E-state index contributed by atoms with van der Waals surface area (Å²) >= 11 is 0. The molecule has 1 rings (SSSR count). The van der Waals surface area contributed by atoms with Crippen molar-refractivity contribution in [3.05, 3.63) is 30.0 Å². The van der Waals surface area contributed by atoms with Crippen LogP contribution >= 0.6 is 0 Å². The first-order chi connectivity index (χ1) is 5.77.